The molecule has 0 spiro atoms. The molecule has 1 saturated carbocycles. The van der Waals surface area contributed by atoms with Crippen LogP contribution in [0.25, 0.3) is 0 Å². The van der Waals surface area contributed by atoms with Crippen molar-refractivity contribution in [1.29, 1.82) is 0 Å². The van der Waals surface area contributed by atoms with Crippen LogP contribution >= 0.6 is 0 Å². The first-order valence-corrected chi connectivity index (χ1v) is 8.79. The van der Waals surface area contributed by atoms with Crippen molar-refractivity contribution in [3.05, 3.63) is 35.4 Å². The SMILES string of the molecule is Cc1ccc(CN2C(=O)CCC2C(=O)NC2CCCCC2)cc1. The number of carbonyl (C=O) groups is 2. The smallest absolute Gasteiger partial charge is 0.243 e. The van der Waals surface area contributed by atoms with Crippen molar-refractivity contribution in [2.24, 2.45) is 0 Å². The van der Waals surface area contributed by atoms with Crippen molar-refractivity contribution in [2.75, 3.05) is 0 Å². The number of hydrogen-bond acceptors (Lipinski definition) is 2. The van der Waals surface area contributed by atoms with Crippen LogP contribution in [0.15, 0.2) is 24.3 Å². The first kappa shape index (κ1) is 16.0. The van der Waals surface area contributed by atoms with Gasteiger partial charge >= 0.3 is 0 Å². The molecule has 124 valence electrons. The Morgan fingerprint density at radius 2 is 1.83 bits per heavy atom. The molecule has 2 amide bonds. The molecule has 1 aliphatic heterocycles. The molecule has 1 aliphatic carbocycles. The number of benzene rings is 1. The van der Waals surface area contributed by atoms with Crippen LogP contribution in [0, 0.1) is 6.92 Å². The van der Waals surface area contributed by atoms with E-state index >= 15 is 0 Å². The van der Waals surface area contributed by atoms with Crippen LogP contribution in [0.4, 0.5) is 0 Å². The van der Waals surface area contributed by atoms with E-state index in [4.69, 9.17) is 0 Å². The van der Waals surface area contributed by atoms with Crippen LogP contribution in [0.3, 0.4) is 0 Å². The second-order valence-corrected chi connectivity index (χ2v) is 6.91. The molecule has 1 aromatic carbocycles. The third-order valence-corrected chi connectivity index (χ3v) is 5.06. The van der Waals surface area contributed by atoms with Crippen molar-refractivity contribution in [3.8, 4) is 0 Å². The number of amides is 2. The van der Waals surface area contributed by atoms with E-state index < -0.39 is 0 Å². The van der Waals surface area contributed by atoms with E-state index in [9.17, 15) is 9.59 Å². The highest BCUT2D eigenvalue weighted by molar-refractivity contribution is 5.91. The van der Waals surface area contributed by atoms with Gasteiger partial charge in [-0.25, -0.2) is 0 Å². The Bertz CT molecular complexity index is 561. The van der Waals surface area contributed by atoms with Gasteiger partial charge in [0.1, 0.15) is 6.04 Å². The van der Waals surface area contributed by atoms with Gasteiger partial charge in [0.2, 0.25) is 11.8 Å². The van der Waals surface area contributed by atoms with Crippen molar-refractivity contribution in [1.82, 2.24) is 10.2 Å². The van der Waals surface area contributed by atoms with Gasteiger partial charge in [-0.15, -0.1) is 0 Å². The Labute approximate surface area is 138 Å². The standard InChI is InChI=1S/C19H26N2O2/c1-14-7-9-15(10-8-14)13-21-17(11-12-18(21)22)19(23)20-16-5-3-2-4-6-16/h7-10,16-17H,2-6,11-13H2,1H3,(H,20,23). The van der Waals surface area contributed by atoms with Crippen molar-refractivity contribution < 1.29 is 9.59 Å². The van der Waals surface area contributed by atoms with Gasteiger partial charge in [-0.1, -0.05) is 49.1 Å². The summed E-state index contributed by atoms with van der Waals surface area (Å²) in [5.41, 5.74) is 2.29. The number of likely N-dealkylation sites (tertiary alicyclic amines) is 1. The second kappa shape index (κ2) is 7.16. The molecule has 1 atom stereocenters. The highest BCUT2D eigenvalue weighted by atomic mass is 16.2. The van der Waals surface area contributed by atoms with Crippen LogP contribution in [-0.2, 0) is 16.1 Å². The summed E-state index contributed by atoms with van der Waals surface area (Å²) in [6.45, 7) is 2.58. The topological polar surface area (TPSA) is 49.4 Å². The van der Waals surface area contributed by atoms with E-state index in [-0.39, 0.29) is 17.9 Å². The predicted octanol–water partition coefficient (Wildman–Crippen LogP) is 2.93. The lowest BCUT2D eigenvalue weighted by Gasteiger charge is -2.28. The maximum absolute atomic E-state index is 12.6. The molecule has 2 aliphatic rings. The van der Waals surface area contributed by atoms with Gasteiger partial charge < -0.3 is 10.2 Å². The number of nitrogens with one attached hydrogen (secondary N) is 1. The minimum Gasteiger partial charge on any atom is -0.352 e. The zero-order valence-corrected chi connectivity index (χ0v) is 13.9. The quantitative estimate of drug-likeness (QED) is 0.929. The van der Waals surface area contributed by atoms with E-state index in [1.807, 2.05) is 31.2 Å². The molecule has 0 aromatic heterocycles. The summed E-state index contributed by atoms with van der Waals surface area (Å²) in [6.07, 6.45) is 6.93. The molecule has 1 heterocycles. The Morgan fingerprint density at radius 3 is 2.52 bits per heavy atom. The zero-order valence-electron chi connectivity index (χ0n) is 13.9. The first-order valence-electron chi connectivity index (χ1n) is 8.79. The summed E-state index contributed by atoms with van der Waals surface area (Å²) < 4.78 is 0. The van der Waals surface area contributed by atoms with E-state index in [2.05, 4.69) is 5.32 Å². The second-order valence-electron chi connectivity index (χ2n) is 6.91. The van der Waals surface area contributed by atoms with Crippen LogP contribution in [-0.4, -0.2) is 28.8 Å². The lowest BCUT2D eigenvalue weighted by molar-refractivity contribution is -0.136. The number of nitrogens with zero attached hydrogens (tertiary/aromatic N) is 1. The van der Waals surface area contributed by atoms with Crippen LogP contribution in [0.2, 0.25) is 0 Å². The van der Waals surface area contributed by atoms with Crippen molar-refractivity contribution in [2.45, 2.75) is 70.5 Å². The van der Waals surface area contributed by atoms with Crippen molar-refractivity contribution >= 4 is 11.8 Å². The summed E-state index contributed by atoms with van der Waals surface area (Å²) in [6, 6.07) is 8.17. The van der Waals surface area contributed by atoms with E-state index in [1.54, 1.807) is 4.90 Å². The Morgan fingerprint density at radius 1 is 1.13 bits per heavy atom. The maximum Gasteiger partial charge on any atom is 0.243 e. The highest BCUT2D eigenvalue weighted by Gasteiger charge is 2.36. The van der Waals surface area contributed by atoms with Gasteiger partial charge in [0.15, 0.2) is 0 Å². The first-order chi connectivity index (χ1) is 11.1. The number of rotatable bonds is 4. The molecule has 1 N–H and O–H groups in total. The lowest BCUT2D eigenvalue weighted by Crippen LogP contribution is -2.48. The van der Waals surface area contributed by atoms with Crippen LogP contribution in [0.5, 0.6) is 0 Å². The average molecular weight is 314 g/mol. The minimum atomic E-state index is -0.300. The summed E-state index contributed by atoms with van der Waals surface area (Å²) in [5.74, 6) is 0.129. The van der Waals surface area contributed by atoms with Crippen LogP contribution < -0.4 is 5.32 Å². The average Bonchev–Trinajstić information content (AvgIpc) is 2.92. The zero-order chi connectivity index (χ0) is 16.2. The molecule has 23 heavy (non-hydrogen) atoms. The molecule has 1 saturated heterocycles. The number of hydrogen-bond donors (Lipinski definition) is 1. The summed E-state index contributed by atoms with van der Waals surface area (Å²) in [7, 11) is 0. The van der Waals surface area contributed by atoms with Gasteiger partial charge in [0, 0.05) is 19.0 Å². The molecule has 0 radical (unpaired) electrons. The van der Waals surface area contributed by atoms with E-state index in [0.29, 0.717) is 25.4 Å². The van der Waals surface area contributed by atoms with Gasteiger partial charge in [-0.3, -0.25) is 9.59 Å². The Kier molecular flexibility index (Phi) is 4.99. The summed E-state index contributed by atoms with van der Waals surface area (Å²) in [4.78, 5) is 26.6. The van der Waals surface area contributed by atoms with E-state index in [0.717, 1.165) is 18.4 Å². The van der Waals surface area contributed by atoms with Crippen LogP contribution in [0.1, 0.15) is 56.1 Å². The minimum absolute atomic E-state index is 0.0369. The third-order valence-electron chi connectivity index (χ3n) is 5.06. The molecule has 4 nitrogen and oxygen atoms in total. The van der Waals surface area contributed by atoms with Gasteiger partial charge in [0.05, 0.1) is 0 Å². The predicted molar refractivity (Wildman–Crippen MR) is 89.8 cm³/mol. The molecule has 4 heteroatoms. The van der Waals surface area contributed by atoms with Gasteiger partial charge in [-0.05, 0) is 31.7 Å². The monoisotopic (exact) mass is 314 g/mol. The highest BCUT2D eigenvalue weighted by Crippen LogP contribution is 2.23. The van der Waals surface area contributed by atoms with Gasteiger partial charge in [0.25, 0.3) is 0 Å². The fraction of sp³-hybridized carbons (Fsp3) is 0.579. The summed E-state index contributed by atoms with van der Waals surface area (Å²) in [5, 5.41) is 3.17. The normalized spacial score (nSPS) is 22.4. The maximum atomic E-state index is 12.6. The molecular weight excluding hydrogens is 288 g/mol. The molecule has 1 aromatic rings. The number of carbonyl (C=O) groups excluding carboxylic acids is 2. The fourth-order valence-electron chi connectivity index (χ4n) is 3.64. The Hall–Kier alpha value is -1.84. The fourth-order valence-corrected chi connectivity index (χ4v) is 3.64. The Balaban J connectivity index is 1.64. The lowest BCUT2D eigenvalue weighted by atomic mass is 9.95. The van der Waals surface area contributed by atoms with Gasteiger partial charge in [-0.2, -0.15) is 0 Å². The number of aryl methyl sites for hydroxylation is 1. The molecule has 3 rings (SSSR count). The largest absolute Gasteiger partial charge is 0.352 e. The molecule has 1 unspecified atom stereocenters. The summed E-state index contributed by atoms with van der Waals surface area (Å²) >= 11 is 0. The van der Waals surface area contributed by atoms with Crippen molar-refractivity contribution in [3.63, 3.8) is 0 Å². The molecule has 0 bridgehead atoms. The molecule has 2 fully saturated rings. The third kappa shape index (κ3) is 3.92. The van der Waals surface area contributed by atoms with E-state index in [1.165, 1.54) is 24.8 Å². The molecular formula is C19H26N2O2.